The van der Waals surface area contributed by atoms with Crippen LogP contribution >= 0.6 is 0 Å². The molecule has 0 heterocycles. The van der Waals surface area contributed by atoms with Crippen molar-refractivity contribution in [2.24, 2.45) is 5.41 Å². The highest BCUT2D eigenvalue weighted by Gasteiger charge is 2.46. The first kappa shape index (κ1) is 10.3. The van der Waals surface area contributed by atoms with E-state index in [1.165, 1.54) is 0 Å². The van der Waals surface area contributed by atoms with Gasteiger partial charge in [-0.3, -0.25) is 0 Å². The van der Waals surface area contributed by atoms with Crippen molar-refractivity contribution in [3.8, 4) is 0 Å². The molecule has 2 nitrogen and oxygen atoms in total. The number of hydrogen-bond acceptors (Lipinski definition) is 2. The van der Waals surface area contributed by atoms with Crippen molar-refractivity contribution in [2.75, 3.05) is 7.11 Å². The SMILES string of the molecule is C=C(C)/C=C(\OC)C(O)C1(C)CC1. The van der Waals surface area contributed by atoms with Gasteiger partial charge in [-0.15, -0.1) is 0 Å². The van der Waals surface area contributed by atoms with Crippen LogP contribution in [0.1, 0.15) is 26.7 Å². The molecule has 1 rings (SSSR count). The number of aliphatic hydroxyl groups excluding tert-OH is 1. The molecule has 1 aliphatic carbocycles. The fourth-order valence-corrected chi connectivity index (χ4v) is 1.31. The Morgan fingerprint density at radius 1 is 1.62 bits per heavy atom. The van der Waals surface area contributed by atoms with Crippen molar-refractivity contribution in [3.05, 3.63) is 24.0 Å². The molecule has 13 heavy (non-hydrogen) atoms. The van der Waals surface area contributed by atoms with Crippen LogP contribution in [0.3, 0.4) is 0 Å². The molecule has 0 spiro atoms. The summed E-state index contributed by atoms with van der Waals surface area (Å²) in [5.41, 5.74) is 0.942. The van der Waals surface area contributed by atoms with Gasteiger partial charge in [-0.1, -0.05) is 19.1 Å². The van der Waals surface area contributed by atoms with E-state index in [1.807, 2.05) is 6.92 Å². The highest BCUT2D eigenvalue weighted by molar-refractivity contribution is 5.21. The highest BCUT2D eigenvalue weighted by Crippen LogP contribution is 2.50. The van der Waals surface area contributed by atoms with E-state index in [1.54, 1.807) is 13.2 Å². The molecule has 1 unspecified atom stereocenters. The predicted octanol–water partition coefficient (Wildman–Crippen LogP) is 2.25. The van der Waals surface area contributed by atoms with E-state index >= 15 is 0 Å². The van der Waals surface area contributed by atoms with Gasteiger partial charge in [0.2, 0.25) is 0 Å². The number of ether oxygens (including phenoxy) is 1. The molecule has 0 aliphatic heterocycles. The van der Waals surface area contributed by atoms with Gasteiger partial charge >= 0.3 is 0 Å². The molecular weight excluding hydrogens is 164 g/mol. The smallest absolute Gasteiger partial charge is 0.125 e. The molecule has 0 aromatic rings. The number of rotatable bonds is 4. The van der Waals surface area contributed by atoms with Crippen LogP contribution in [0.4, 0.5) is 0 Å². The van der Waals surface area contributed by atoms with Crippen LogP contribution in [0.2, 0.25) is 0 Å². The molecule has 1 N–H and O–H groups in total. The fourth-order valence-electron chi connectivity index (χ4n) is 1.31. The molecule has 0 aromatic carbocycles. The Balaban J connectivity index is 2.71. The second-order valence-corrected chi connectivity index (χ2v) is 4.15. The van der Waals surface area contributed by atoms with Gasteiger partial charge in [-0.25, -0.2) is 0 Å². The summed E-state index contributed by atoms with van der Waals surface area (Å²) in [6.45, 7) is 7.72. The Morgan fingerprint density at radius 2 is 2.15 bits per heavy atom. The molecule has 1 fully saturated rings. The van der Waals surface area contributed by atoms with Crippen molar-refractivity contribution in [3.63, 3.8) is 0 Å². The molecule has 2 heteroatoms. The number of methoxy groups -OCH3 is 1. The van der Waals surface area contributed by atoms with Gasteiger partial charge in [0, 0.05) is 5.41 Å². The third-order valence-electron chi connectivity index (χ3n) is 2.59. The molecule has 1 saturated carbocycles. The van der Waals surface area contributed by atoms with Crippen molar-refractivity contribution < 1.29 is 9.84 Å². The van der Waals surface area contributed by atoms with Crippen LogP contribution in [-0.4, -0.2) is 18.3 Å². The first-order valence-electron chi connectivity index (χ1n) is 4.59. The summed E-state index contributed by atoms with van der Waals surface area (Å²) >= 11 is 0. The maximum Gasteiger partial charge on any atom is 0.125 e. The van der Waals surface area contributed by atoms with Gasteiger partial charge in [0.1, 0.15) is 11.9 Å². The summed E-state index contributed by atoms with van der Waals surface area (Å²) in [5.74, 6) is 0.632. The van der Waals surface area contributed by atoms with E-state index in [4.69, 9.17) is 4.74 Å². The first-order valence-corrected chi connectivity index (χ1v) is 4.59. The normalized spacial score (nSPS) is 22.3. The van der Waals surface area contributed by atoms with E-state index < -0.39 is 6.10 Å². The summed E-state index contributed by atoms with van der Waals surface area (Å²) in [4.78, 5) is 0. The second kappa shape index (κ2) is 3.54. The Bertz CT molecular complexity index is 236. The van der Waals surface area contributed by atoms with Crippen molar-refractivity contribution >= 4 is 0 Å². The standard InChI is InChI=1S/C11H18O2/c1-8(2)7-9(13-4)10(12)11(3)5-6-11/h7,10,12H,1,5-6H2,2-4H3/b9-7-. The summed E-state index contributed by atoms with van der Waals surface area (Å²) < 4.78 is 5.14. The molecule has 1 atom stereocenters. The lowest BCUT2D eigenvalue weighted by Crippen LogP contribution is -2.22. The fraction of sp³-hybridized carbons (Fsp3) is 0.636. The Morgan fingerprint density at radius 3 is 2.46 bits per heavy atom. The average Bonchev–Trinajstić information content (AvgIpc) is 2.79. The molecule has 0 radical (unpaired) electrons. The zero-order chi connectivity index (χ0) is 10.1. The van der Waals surface area contributed by atoms with Crippen LogP contribution in [0.15, 0.2) is 24.0 Å². The van der Waals surface area contributed by atoms with Crippen molar-refractivity contribution in [2.45, 2.75) is 32.8 Å². The maximum atomic E-state index is 9.92. The quantitative estimate of drug-likeness (QED) is 0.534. The number of aliphatic hydroxyl groups is 1. The van der Waals surface area contributed by atoms with Crippen molar-refractivity contribution in [1.82, 2.24) is 0 Å². The topological polar surface area (TPSA) is 29.5 Å². The van der Waals surface area contributed by atoms with Gasteiger partial charge in [0.15, 0.2) is 0 Å². The number of hydrogen-bond donors (Lipinski definition) is 1. The summed E-state index contributed by atoms with van der Waals surface area (Å²) in [7, 11) is 1.59. The van der Waals surface area contributed by atoms with E-state index in [2.05, 4.69) is 13.5 Å². The molecular formula is C11H18O2. The molecule has 1 aliphatic rings. The average molecular weight is 182 g/mol. The van der Waals surface area contributed by atoms with Crippen molar-refractivity contribution in [1.29, 1.82) is 0 Å². The third kappa shape index (κ3) is 2.34. The van der Waals surface area contributed by atoms with Gasteiger partial charge in [-0.2, -0.15) is 0 Å². The van der Waals surface area contributed by atoms with E-state index in [9.17, 15) is 5.11 Å². The Labute approximate surface area is 79.9 Å². The largest absolute Gasteiger partial charge is 0.498 e. The lowest BCUT2D eigenvalue weighted by Gasteiger charge is -2.19. The molecule has 0 amide bonds. The van der Waals surface area contributed by atoms with E-state index in [0.717, 1.165) is 18.4 Å². The van der Waals surface area contributed by atoms with Crippen LogP contribution in [-0.2, 0) is 4.74 Å². The monoisotopic (exact) mass is 182 g/mol. The molecule has 74 valence electrons. The summed E-state index contributed by atoms with van der Waals surface area (Å²) in [6, 6.07) is 0. The maximum absolute atomic E-state index is 9.92. The minimum Gasteiger partial charge on any atom is -0.498 e. The summed E-state index contributed by atoms with van der Waals surface area (Å²) in [6.07, 6.45) is 3.47. The lowest BCUT2D eigenvalue weighted by molar-refractivity contribution is 0.0758. The molecule has 0 bridgehead atoms. The van der Waals surface area contributed by atoms with Gasteiger partial charge in [0.25, 0.3) is 0 Å². The Hall–Kier alpha value is -0.760. The molecule has 0 saturated heterocycles. The highest BCUT2D eigenvalue weighted by atomic mass is 16.5. The summed E-state index contributed by atoms with van der Waals surface area (Å²) in [5, 5.41) is 9.92. The van der Waals surface area contributed by atoms with Gasteiger partial charge < -0.3 is 9.84 Å². The van der Waals surface area contributed by atoms with Gasteiger partial charge in [0.05, 0.1) is 7.11 Å². The zero-order valence-corrected chi connectivity index (χ0v) is 8.63. The Kier molecular flexibility index (Phi) is 2.81. The van der Waals surface area contributed by atoms with Gasteiger partial charge in [-0.05, 0) is 25.8 Å². The van der Waals surface area contributed by atoms with Crippen LogP contribution in [0, 0.1) is 5.41 Å². The zero-order valence-electron chi connectivity index (χ0n) is 8.63. The van der Waals surface area contributed by atoms with Crippen LogP contribution in [0.5, 0.6) is 0 Å². The first-order chi connectivity index (χ1) is 5.99. The second-order valence-electron chi connectivity index (χ2n) is 4.15. The van der Waals surface area contributed by atoms with Crippen LogP contribution < -0.4 is 0 Å². The molecule has 0 aromatic heterocycles. The minimum absolute atomic E-state index is 0.0390. The predicted molar refractivity (Wildman–Crippen MR) is 53.3 cm³/mol. The lowest BCUT2D eigenvalue weighted by atomic mass is 9.99. The van der Waals surface area contributed by atoms with Crippen LogP contribution in [0.25, 0.3) is 0 Å². The number of allylic oxidation sites excluding steroid dienone is 2. The van der Waals surface area contributed by atoms with E-state index in [0.29, 0.717) is 5.76 Å². The minimum atomic E-state index is -0.478. The van der Waals surface area contributed by atoms with E-state index in [-0.39, 0.29) is 5.41 Å². The third-order valence-corrected chi connectivity index (χ3v) is 2.59.